The van der Waals surface area contributed by atoms with Crippen LogP contribution >= 0.6 is 11.3 Å². The summed E-state index contributed by atoms with van der Waals surface area (Å²) in [6.45, 7) is 0.591. The van der Waals surface area contributed by atoms with E-state index in [4.69, 9.17) is 4.42 Å². The SMILES string of the molecule is O=C(CNc1nc2ccccc2s1)NCc1ccco1. The average Bonchev–Trinajstić information content (AvgIpc) is 3.11. The lowest BCUT2D eigenvalue weighted by molar-refractivity contribution is -0.119. The topological polar surface area (TPSA) is 67.2 Å². The van der Waals surface area contributed by atoms with Gasteiger partial charge in [0.05, 0.1) is 29.6 Å². The molecule has 0 atom stereocenters. The van der Waals surface area contributed by atoms with Crippen LogP contribution in [0.3, 0.4) is 0 Å². The summed E-state index contributed by atoms with van der Waals surface area (Å²) in [6, 6.07) is 11.5. The number of nitrogens with zero attached hydrogens (tertiary/aromatic N) is 1. The molecule has 0 bridgehead atoms. The van der Waals surface area contributed by atoms with Gasteiger partial charge in [-0.05, 0) is 24.3 Å². The molecule has 0 aliphatic carbocycles. The highest BCUT2D eigenvalue weighted by atomic mass is 32.1. The Labute approximate surface area is 119 Å². The molecule has 0 saturated heterocycles. The van der Waals surface area contributed by atoms with E-state index in [0.29, 0.717) is 6.54 Å². The first kappa shape index (κ1) is 12.7. The molecule has 0 fully saturated rings. The van der Waals surface area contributed by atoms with Crippen LogP contribution < -0.4 is 10.6 Å². The van der Waals surface area contributed by atoms with Crippen molar-refractivity contribution in [3.05, 3.63) is 48.4 Å². The monoisotopic (exact) mass is 287 g/mol. The number of hydrogen-bond donors (Lipinski definition) is 2. The Balaban J connectivity index is 1.52. The number of anilines is 1. The molecule has 0 spiro atoms. The molecule has 0 aliphatic rings. The zero-order valence-electron chi connectivity index (χ0n) is 10.6. The first-order valence-corrected chi connectivity index (χ1v) is 7.01. The zero-order valence-corrected chi connectivity index (χ0v) is 11.4. The number of benzene rings is 1. The fraction of sp³-hybridized carbons (Fsp3) is 0.143. The lowest BCUT2D eigenvalue weighted by Crippen LogP contribution is -2.29. The van der Waals surface area contributed by atoms with Crippen LogP contribution in [0, 0.1) is 0 Å². The van der Waals surface area contributed by atoms with Crippen LogP contribution in [0.2, 0.25) is 0 Å². The second-order valence-electron chi connectivity index (χ2n) is 4.20. The molecule has 5 nitrogen and oxygen atoms in total. The molecule has 0 aliphatic heterocycles. The normalized spacial score (nSPS) is 10.6. The fourth-order valence-electron chi connectivity index (χ4n) is 1.77. The fourth-order valence-corrected chi connectivity index (χ4v) is 2.63. The Kier molecular flexibility index (Phi) is 3.64. The third kappa shape index (κ3) is 2.97. The molecule has 2 aromatic heterocycles. The molecule has 2 N–H and O–H groups in total. The van der Waals surface area contributed by atoms with Crippen LogP contribution in [-0.4, -0.2) is 17.4 Å². The molecule has 3 rings (SSSR count). The summed E-state index contributed by atoms with van der Waals surface area (Å²) >= 11 is 1.53. The minimum absolute atomic E-state index is 0.0966. The lowest BCUT2D eigenvalue weighted by atomic mass is 10.3. The van der Waals surface area contributed by atoms with E-state index >= 15 is 0 Å². The van der Waals surface area contributed by atoms with Gasteiger partial charge in [-0.25, -0.2) is 4.98 Å². The molecular weight excluding hydrogens is 274 g/mol. The highest BCUT2D eigenvalue weighted by Gasteiger charge is 2.06. The van der Waals surface area contributed by atoms with Crippen LogP contribution in [0.1, 0.15) is 5.76 Å². The van der Waals surface area contributed by atoms with Crippen molar-refractivity contribution < 1.29 is 9.21 Å². The quantitative estimate of drug-likeness (QED) is 0.757. The van der Waals surface area contributed by atoms with E-state index < -0.39 is 0 Å². The Morgan fingerprint density at radius 3 is 2.95 bits per heavy atom. The van der Waals surface area contributed by atoms with Crippen molar-refractivity contribution in [2.75, 3.05) is 11.9 Å². The van der Waals surface area contributed by atoms with Gasteiger partial charge in [-0.2, -0.15) is 0 Å². The second kappa shape index (κ2) is 5.75. The molecule has 2 heterocycles. The number of nitrogens with one attached hydrogen (secondary N) is 2. The van der Waals surface area contributed by atoms with Crippen LogP contribution in [0.25, 0.3) is 10.2 Å². The summed E-state index contributed by atoms with van der Waals surface area (Å²) in [7, 11) is 0. The molecule has 6 heteroatoms. The van der Waals surface area contributed by atoms with E-state index in [1.54, 1.807) is 12.3 Å². The minimum atomic E-state index is -0.0966. The second-order valence-corrected chi connectivity index (χ2v) is 5.23. The third-order valence-electron chi connectivity index (χ3n) is 2.73. The van der Waals surface area contributed by atoms with E-state index in [1.165, 1.54) is 11.3 Å². The minimum Gasteiger partial charge on any atom is -0.467 e. The van der Waals surface area contributed by atoms with Gasteiger partial charge in [0, 0.05) is 0 Å². The zero-order chi connectivity index (χ0) is 13.8. The number of amides is 1. The number of furan rings is 1. The van der Waals surface area contributed by atoms with Gasteiger partial charge in [0.1, 0.15) is 5.76 Å². The van der Waals surface area contributed by atoms with Gasteiger partial charge in [-0.1, -0.05) is 23.5 Å². The molecule has 0 saturated carbocycles. The Morgan fingerprint density at radius 2 is 2.15 bits per heavy atom. The molecule has 1 aromatic carbocycles. The smallest absolute Gasteiger partial charge is 0.239 e. The van der Waals surface area contributed by atoms with Gasteiger partial charge in [-0.3, -0.25) is 4.79 Å². The highest BCUT2D eigenvalue weighted by Crippen LogP contribution is 2.24. The van der Waals surface area contributed by atoms with Gasteiger partial charge >= 0.3 is 0 Å². The number of carbonyl (C=O) groups excluding carboxylic acids is 1. The summed E-state index contributed by atoms with van der Waals surface area (Å²) in [5.41, 5.74) is 0.941. The molecule has 3 aromatic rings. The summed E-state index contributed by atoms with van der Waals surface area (Å²) in [5, 5.41) is 6.55. The van der Waals surface area contributed by atoms with Crippen LogP contribution in [0.4, 0.5) is 5.13 Å². The van der Waals surface area contributed by atoms with Crippen molar-refractivity contribution in [3.8, 4) is 0 Å². The summed E-state index contributed by atoms with van der Waals surface area (Å²) in [5.74, 6) is 0.638. The van der Waals surface area contributed by atoms with Gasteiger partial charge in [0.15, 0.2) is 5.13 Å². The van der Waals surface area contributed by atoms with Crippen molar-refractivity contribution in [1.82, 2.24) is 10.3 Å². The van der Waals surface area contributed by atoms with Crippen molar-refractivity contribution in [2.24, 2.45) is 0 Å². The first-order chi connectivity index (χ1) is 9.81. The highest BCUT2D eigenvalue weighted by molar-refractivity contribution is 7.22. The molecule has 102 valence electrons. The number of aromatic nitrogens is 1. The number of hydrogen-bond acceptors (Lipinski definition) is 5. The molecule has 0 radical (unpaired) electrons. The number of carbonyl (C=O) groups is 1. The number of rotatable bonds is 5. The van der Waals surface area contributed by atoms with E-state index in [-0.39, 0.29) is 12.5 Å². The van der Waals surface area contributed by atoms with Gasteiger partial charge < -0.3 is 15.1 Å². The van der Waals surface area contributed by atoms with E-state index in [2.05, 4.69) is 15.6 Å². The third-order valence-corrected chi connectivity index (χ3v) is 3.73. The number of fused-ring (bicyclic) bond motifs is 1. The van der Waals surface area contributed by atoms with Gasteiger partial charge in [0.25, 0.3) is 0 Å². The van der Waals surface area contributed by atoms with Crippen molar-refractivity contribution in [2.45, 2.75) is 6.54 Å². The Morgan fingerprint density at radius 1 is 1.25 bits per heavy atom. The van der Waals surface area contributed by atoms with Crippen LogP contribution in [0.15, 0.2) is 47.1 Å². The molecule has 20 heavy (non-hydrogen) atoms. The van der Waals surface area contributed by atoms with Gasteiger partial charge in [-0.15, -0.1) is 0 Å². The standard InChI is InChI=1S/C14H13N3O2S/c18-13(15-8-10-4-3-7-19-10)9-16-14-17-11-5-1-2-6-12(11)20-14/h1-7H,8-9H2,(H,15,18)(H,16,17). The van der Waals surface area contributed by atoms with Crippen molar-refractivity contribution in [1.29, 1.82) is 0 Å². The average molecular weight is 287 g/mol. The van der Waals surface area contributed by atoms with E-state index in [1.807, 2.05) is 30.3 Å². The summed E-state index contributed by atoms with van der Waals surface area (Å²) in [4.78, 5) is 16.1. The molecular formula is C14H13N3O2S. The maximum absolute atomic E-state index is 11.7. The largest absolute Gasteiger partial charge is 0.467 e. The molecule has 1 amide bonds. The summed E-state index contributed by atoms with van der Waals surface area (Å²) < 4.78 is 6.24. The summed E-state index contributed by atoms with van der Waals surface area (Å²) in [6.07, 6.45) is 1.58. The van der Waals surface area contributed by atoms with Crippen molar-refractivity contribution >= 4 is 32.6 Å². The predicted octanol–water partition coefficient (Wildman–Crippen LogP) is 2.62. The first-order valence-electron chi connectivity index (χ1n) is 6.20. The van der Waals surface area contributed by atoms with Crippen LogP contribution in [0.5, 0.6) is 0 Å². The van der Waals surface area contributed by atoms with E-state index in [0.717, 1.165) is 21.1 Å². The number of thiazole rings is 1. The maximum atomic E-state index is 11.7. The van der Waals surface area contributed by atoms with Crippen LogP contribution in [-0.2, 0) is 11.3 Å². The Hall–Kier alpha value is -2.34. The maximum Gasteiger partial charge on any atom is 0.239 e. The molecule has 0 unspecified atom stereocenters. The number of para-hydroxylation sites is 1. The van der Waals surface area contributed by atoms with Gasteiger partial charge in [0.2, 0.25) is 5.91 Å². The Bertz CT molecular complexity index is 673. The van der Waals surface area contributed by atoms with E-state index in [9.17, 15) is 4.79 Å². The van der Waals surface area contributed by atoms with Crippen molar-refractivity contribution in [3.63, 3.8) is 0 Å². The predicted molar refractivity (Wildman–Crippen MR) is 78.7 cm³/mol. The lowest BCUT2D eigenvalue weighted by Gasteiger charge is -2.03.